The fourth-order valence-corrected chi connectivity index (χ4v) is 0.940. The Labute approximate surface area is 80.9 Å². The number of carbonyl (C=O) groups is 1. The summed E-state index contributed by atoms with van der Waals surface area (Å²) in [6.45, 7) is 2.45. The Bertz CT molecular complexity index is 310. The third kappa shape index (κ3) is 2.53. The molecule has 0 aliphatic rings. The van der Waals surface area contributed by atoms with Gasteiger partial charge in [-0.25, -0.2) is 4.79 Å². The van der Waals surface area contributed by atoms with Crippen molar-refractivity contribution in [2.45, 2.75) is 19.3 Å². The van der Waals surface area contributed by atoms with Gasteiger partial charge in [-0.3, -0.25) is 0 Å². The minimum atomic E-state index is -1.18. The van der Waals surface area contributed by atoms with Crippen molar-refractivity contribution in [2.24, 2.45) is 0 Å². The molecule has 0 bridgehead atoms. The number of carboxylic acid groups (broad SMARTS) is 1. The highest BCUT2D eigenvalue weighted by Crippen LogP contribution is 2.16. The Morgan fingerprint density at radius 3 is 2.93 bits per heavy atom. The third-order valence-electron chi connectivity index (χ3n) is 1.81. The van der Waals surface area contributed by atoms with Crippen molar-refractivity contribution in [3.63, 3.8) is 0 Å². The van der Waals surface area contributed by atoms with Crippen LogP contribution in [0.4, 0.5) is 0 Å². The Morgan fingerprint density at radius 1 is 1.71 bits per heavy atom. The maximum atomic E-state index is 10.4. The number of ether oxygens (including phenoxy) is 1. The van der Waals surface area contributed by atoms with E-state index in [1.54, 1.807) is 7.11 Å². The van der Waals surface area contributed by atoms with Crippen molar-refractivity contribution in [3.05, 3.63) is 11.7 Å². The molecule has 0 aromatic carbocycles. The van der Waals surface area contributed by atoms with Crippen LogP contribution in [0.3, 0.4) is 0 Å². The lowest BCUT2D eigenvalue weighted by molar-refractivity contribution is 0.0680. The number of aromatic nitrogens is 2. The second-order valence-electron chi connectivity index (χ2n) is 2.94. The van der Waals surface area contributed by atoms with E-state index in [9.17, 15) is 4.79 Å². The average Bonchev–Trinajstić information content (AvgIpc) is 2.62. The molecule has 0 aliphatic heterocycles. The van der Waals surface area contributed by atoms with Gasteiger partial charge in [0.2, 0.25) is 5.89 Å². The molecule has 6 heteroatoms. The normalized spacial score (nSPS) is 12.7. The third-order valence-corrected chi connectivity index (χ3v) is 1.81. The average molecular weight is 200 g/mol. The minimum Gasteiger partial charge on any atom is -0.475 e. The first-order valence-electron chi connectivity index (χ1n) is 4.21. The standard InChI is InChI=1S/C8H12N2O4/c1-5(3-4-13-2)7-9-6(8(11)12)10-14-7/h5H,3-4H2,1-2H3,(H,11,12). The first-order valence-corrected chi connectivity index (χ1v) is 4.21. The molecule has 0 spiro atoms. The summed E-state index contributed by atoms with van der Waals surface area (Å²) in [5, 5.41) is 11.9. The number of hydrogen-bond acceptors (Lipinski definition) is 5. The summed E-state index contributed by atoms with van der Waals surface area (Å²) in [5.74, 6) is -1.14. The molecule has 1 unspecified atom stereocenters. The van der Waals surface area contributed by atoms with Gasteiger partial charge in [-0.15, -0.1) is 0 Å². The molecule has 0 saturated heterocycles. The van der Waals surface area contributed by atoms with Gasteiger partial charge in [0.05, 0.1) is 0 Å². The number of methoxy groups -OCH3 is 1. The summed E-state index contributed by atoms with van der Waals surface area (Å²) < 4.78 is 9.67. The van der Waals surface area contributed by atoms with Gasteiger partial charge in [0.1, 0.15) is 0 Å². The number of aromatic carboxylic acids is 1. The van der Waals surface area contributed by atoms with E-state index >= 15 is 0 Å². The lowest BCUT2D eigenvalue weighted by atomic mass is 10.1. The van der Waals surface area contributed by atoms with E-state index in [-0.39, 0.29) is 11.7 Å². The van der Waals surface area contributed by atoms with Crippen LogP contribution in [0.2, 0.25) is 0 Å². The van der Waals surface area contributed by atoms with E-state index in [1.165, 1.54) is 0 Å². The quantitative estimate of drug-likeness (QED) is 0.760. The molecule has 6 nitrogen and oxygen atoms in total. The first kappa shape index (κ1) is 10.6. The summed E-state index contributed by atoms with van der Waals surface area (Å²) in [4.78, 5) is 14.2. The molecular formula is C8H12N2O4. The largest absolute Gasteiger partial charge is 0.475 e. The SMILES string of the molecule is COCCC(C)c1nc(C(=O)O)no1. The second-order valence-corrected chi connectivity index (χ2v) is 2.94. The van der Waals surface area contributed by atoms with Gasteiger partial charge in [0.15, 0.2) is 0 Å². The number of nitrogens with zero attached hydrogens (tertiary/aromatic N) is 2. The van der Waals surface area contributed by atoms with Crippen molar-refractivity contribution < 1.29 is 19.2 Å². The highest BCUT2D eigenvalue weighted by atomic mass is 16.5. The van der Waals surface area contributed by atoms with Crippen molar-refractivity contribution in [3.8, 4) is 0 Å². The van der Waals surface area contributed by atoms with Gasteiger partial charge in [-0.2, -0.15) is 4.98 Å². The molecule has 0 aliphatic carbocycles. The molecule has 1 rings (SSSR count). The fourth-order valence-electron chi connectivity index (χ4n) is 0.940. The highest BCUT2D eigenvalue weighted by Gasteiger charge is 2.17. The van der Waals surface area contributed by atoms with E-state index in [4.69, 9.17) is 14.4 Å². The summed E-state index contributed by atoms with van der Waals surface area (Å²) in [5.41, 5.74) is 0. The Balaban J connectivity index is 2.61. The van der Waals surface area contributed by atoms with Crippen LogP contribution in [-0.2, 0) is 4.74 Å². The van der Waals surface area contributed by atoms with Gasteiger partial charge in [-0.05, 0) is 11.6 Å². The van der Waals surface area contributed by atoms with E-state index in [0.29, 0.717) is 12.5 Å². The predicted octanol–water partition coefficient (Wildman–Crippen LogP) is 0.908. The predicted molar refractivity (Wildman–Crippen MR) is 46.2 cm³/mol. The van der Waals surface area contributed by atoms with Gasteiger partial charge in [0.25, 0.3) is 5.82 Å². The fraction of sp³-hybridized carbons (Fsp3) is 0.625. The Morgan fingerprint density at radius 2 is 2.43 bits per heavy atom. The molecule has 0 radical (unpaired) electrons. The summed E-state index contributed by atoms with van der Waals surface area (Å²) in [7, 11) is 1.60. The Kier molecular flexibility index (Phi) is 3.58. The van der Waals surface area contributed by atoms with E-state index in [1.807, 2.05) is 6.92 Å². The second kappa shape index (κ2) is 4.71. The Hall–Kier alpha value is -1.43. The van der Waals surface area contributed by atoms with Crippen LogP contribution >= 0.6 is 0 Å². The van der Waals surface area contributed by atoms with Crippen molar-refractivity contribution in [1.82, 2.24) is 10.1 Å². The maximum Gasteiger partial charge on any atom is 0.377 e. The highest BCUT2D eigenvalue weighted by molar-refractivity contribution is 5.82. The van der Waals surface area contributed by atoms with Crippen LogP contribution in [0.25, 0.3) is 0 Å². The maximum absolute atomic E-state index is 10.4. The number of hydrogen-bond donors (Lipinski definition) is 1. The summed E-state index contributed by atoms with van der Waals surface area (Å²) in [6, 6.07) is 0. The first-order chi connectivity index (χ1) is 6.65. The molecule has 0 saturated carbocycles. The van der Waals surface area contributed by atoms with Gasteiger partial charge in [0, 0.05) is 19.6 Å². The van der Waals surface area contributed by atoms with Crippen LogP contribution in [0, 0.1) is 0 Å². The van der Waals surface area contributed by atoms with Crippen molar-refractivity contribution >= 4 is 5.97 Å². The van der Waals surface area contributed by atoms with E-state index < -0.39 is 5.97 Å². The molecule has 1 heterocycles. The zero-order valence-corrected chi connectivity index (χ0v) is 8.06. The van der Waals surface area contributed by atoms with E-state index in [0.717, 1.165) is 6.42 Å². The minimum absolute atomic E-state index is 0.00977. The van der Waals surface area contributed by atoms with Crippen molar-refractivity contribution in [1.29, 1.82) is 0 Å². The van der Waals surface area contributed by atoms with Crippen LogP contribution < -0.4 is 0 Å². The van der Waals surface area contributed by atoms with Crippen LogP contribution in [-0.4, -0.2) is 34.9 Å². The zero-order valence-electron chi connectivity index (χ0n) is 8.06. The molecule has 0 fully saturated rings. The monoisotopic (exact) mass is 200 g/mol. The molecule has 0 amide bonds. The zero-order chi connectivity index (χ0) is 10.6. The molecule has 1 N–H and O–H groups in total. The molecule has 1 aromatic heterocycles. The number of carboxylic acids is 1. The van der Waals surface area contributed by atoms with E-state index in [2.05, 4.69) is 10.1 Å². The topological polar surface area (TPSA) is 85.5 Å². The molecule has 1 atom stereocenters. The van der Waals surface area contributed by atoms with Crippen LogP contribution in [0.5, 0.6) is 0 Å². The molecular weight excluding hydrogens is 188 g/mol. The van der Waals surface area contributed by atoms with Gasteiger partial charge >= 0.3 is 5.97 Å². The lowest BCUT2D eigenvalue weighted by Crippen LogP contribution is -2.01. The molecule has 78 valence electrons. The summed E-state index contributed by atoms with van der Waals surface area (Å²) >= 11 is 0. The number of rotatable bonds is 5. The van der Waals surface area contributed by atoms with Crippen molar-refractivity contribution in [2.75, 3.05) is 13.7 Å². The van der Waals surface area contributed by atoms with Crippen LogP contribution in [0.15, 0.2) is 4.52 Å². The van der Waals surface area contributed by atoms with Crippen LogP contribution in [0.1, 0.15) is 35.8 Å². The van der Waals surface area contributed by atoms with Gasteiger partial charge < -0.3 is 14.4 Å². The summed E-state index contributed by atoms with van der Waals surface area (Å²) in [6.07, 6.45) is 0.720. The lowest BCUT2D eigenvalue weighted by Gasteiger charge is -2.03. The van der Waals surface area contributed by atoms with Gasteiger partial charge in [-0.1, -0.05) is 6.92 Å². The molecule has 14 heavy (non-hydrogen) atoms. The smallest absolute Gasteiger partial charge is 0.377 e. The molecule has 1 aromatic rings.